The number of benzene rings is 3. The van der Waals surface area contributed by atoms with Gasteiger partial charge in [0.25, 0.3) is 10.1 Å². The molecule has 0 N–H and O–H groups in total. The largest absolute Gasteiger partial charge is 0.497 e. The van der Waals surface area contributed by atoms with Crippen LogP contribution in [0.3, 0.4) is 0 Å². The molecule has 150 valence electrons. The predicted molar refractivity (Wildman–Crippen MR) is 113 cm³/mol. The first-order valence-corrected chi connectivity index (χ1v) is 11.1. The molecule has 0 spiro atoms. The Bertz CT molecular complexity index is 1090. The molecule has 2 unspecified atom stereocenters. The topological polar surface area (TPSA) is 52.6 Å². The van der Waals surface area contributed by atoms with Crippen molar-refractivity contribution in [2.75, 3.05) is 7.11 Å². The molecular formula is C24H24O4S. The van der Waals surface area contributed by atoms with Gasteiger partial charge in [0.15, 0.2) is 0 Å². The maximum Gasteiger partial charge on any atom is 0.297 e. The lowest BCUT2D eigenvalue weighted by atomic mass is 9.77. The highest BCUT2D eigenvalue weighted by molar-refractivity contribution is 7.86. The smallest absolute Gasteiger partial charge is 0.297 e. The molecule has 0 saturated heterocycles. The van der Waals surface area contributed by atoms with Crippen molar-refractivity contribution in [2.45, 2.75) is 36.7 Å². The van der Waals surface area contributed by atoms with E-state index in [1.54, 1.807) is 31.4 Å². The molecule has 0 aliphatic heterocycles. The van der Waals surface area contributed by atoms with Gasteiger partial charge in [-0.15, -0.1) is 0 Å². The van der Waals surface area contributed by atoms with Crippen molar-refractivity contribution in [3.05, 3.63) is 95.1 Å². The number of fused-ring (bicyclic) bond motifs is 1. The molecule has 3 aromatic carbocycles. The Morgan fingerprint density at radius 1 is 0.931 bits per heavy atom. The van der Waals surface area contributed by atoms with Crippen molar-refractivity contribution >= 4 is 10.1 Å². The summed E-state index contributed by atoms with van der Waals surface area (Å²) in [6, 6.07) is 22.7. The van der Waals surface area contributed by atoms with Crippen LogP contribution in [0.4, 0.5) is 0 Å². The van der Waals surface area contributed by atoms with Crippen LogP contribution in [0.1, 0.15) is 34.6 Å². The molecule has 0 saturated carbocycles. The summed E-state index contributed by atoms with van der Waals surface area (Å²) in [4.78, 5) is 0.190. The lowest BCUT2D eigenvalue weighted by molar-refractivity contribution is 0.173. The van der Waals surface area contributed by atoms with Crippen molar-refractivity contribution in [1.29, 1.82) is 0 Å². The summed E-state index contributed by atoms with van der Waals surface area (Å²) >= 11 is 0. The average Bonchev–Trinajstić information content (AvgIpc) is 2.74. The van der Waals surface area contributed by atoms with E-state index >= 15 is 0 Å². The van der Waals surface area contributed by atoms with E-state index in [1.807, 2.05) is 55.5 Å². The first-order chi connectivity index (χ1) is 14.0. The number of aryl methyl sites for hydroxylation is 2. The molecule has 0 fully saturated rings. The van der Waals surface area contributed by atoms with Gasteiger partial charge in [-0.05, 0) is 60.7 Å². The third-order valence-electron chi connectivity index (χ3n) is 5.47. The van der Waals surface area contributed by atoms with Crippen LogP contribution in [0.5, 0.6) is 5.75 Å². The first kappa shape index (κ1) is 19.7. The Morgan fingerprint density at radius 2 is 1.66 bits per heavy atom. The van der Waals surface area contributed by atoms with Gasteiger partial charge in [-0.3, -0.25) is 4.18 Å². The van der Waals surface area contributed by atoms with Crippen LogP contribution in [0.2, 0.25) is 0 Å². The molecule has 3 aromatic rings. The number of rotatable bonds is 5. The minimum Gasteiger partial charge on any atom is -0.497 e. The van der Waals surface area contributed by atoms with Crippen molar-refractivity contribution in [1.82, 2.24) is 0 Å². The van der Waals surface area contributed by atoms with Gasteiger partial charge in [0, 0.05) is 5.92 Å². The summed E-state index contributed by atoms with van der Waals surface area (Å²) < 4.78 is 37.1. The quantitative estimate of drug-likeness (QED) is 0.566. The fraction of sp³-hybridized carbons (Fsp3) is 0.250. The molecule has 1 aliphatic rings. The Balaban J connectivity index is 1.73. The van der Waals surface area contributed by atoms with Crippen molar-refractivity contribution in [3.63, 3.8) is 0 Å². The van der Waals surface area contributed by atoms with Gasteiger partial charge >= 0.3 is 0 Å². The summed E-state index contributed by atoms with van der Waals surface area (Å²) in [6.07, 6.45) is 0.888. The zero-order valence-corrected chi connectivity index (χ0v) is 17.4. The highest BCUT2D eigenvalue weighted by Gasteiger charge is 2.35. The second-order valence-electron chi connectivity index (χ2n) is 7.39. The van der Waals surface area contributed by atoms with E-state index in [-0.39, 0.29) is 10.8 Å². The van der Waals surface area contributed by atoms with Crippen LogP contribution in [0.25, 0.3) is 0 Å². The van der Waals surface area contributed by atoms with Crippen LogP contribution >= 0.6 is 0 Å². The zero-order chi connectivity index (χ0) is 20.4. The molecule has 5 heteroatoms. The molecule has 1 aliphatic carbocycles. The van der Waals surface area contributed by atoms with Crippen LogP contribution < -0.4 is 4.74 Å². The summed E-state index contributed by atoms with van der Waals surface area (Å²) in [5, 5.41) is 0. The van der Waals surface area contributed by atoms with E-state index in [1.165, 1.54) is 5.56 Å². The van der Waals surface area contributed by atoms with E-state index in [2.05, 4.69) is 0 Å². The van der Waals surface area contributed by atoms with Crippen molar-refractivity contribution < 1.29 is 17.3 Å². The highest BCUT2D eigenvalue weighted by atomic mass is 32.2. The first-order valence-electron chi connectivity index (χ1n) is 9.69. The van der Waals surface area contributed by atoms with Gasteiger partial charge in [0.1, 0.15) is 5.75 Å². The van der Waals surface area contributed by atoms with Gasteiger partial charge in [-0.1, -0.05) is 54.1 Å². The lowest BCUT2D eigenvalue weighted by Gasteiger charge is -2.33. The van der Waals surface area contributed by atoms with Crippen molar-refractivity contribution in [2.24, 2.45) is 0 Å². The molecule has 0 bridgehead atoms. The van der Waals surface area contributed by atoms with Crippen LogP contribution in [-0.2, 0) is 20.7 Å². The molecule has 0 radical (unpaired) electrons. The van der Waals surface area contributed by atoms with E-state index in [9.17, 15) is 8.42 Å². The Morgan fingerprint density at radius 3 is 2.34 bits per heavy atom. The Labute approximate surface area is 172 Å². The van der Waals surface area contributed by atoms with Crippen LogP contribution in [-0.4, -0.2) is 21.6 Å². The monoisotopic (exact) mass is 408 g/mol. The SMILES string of the molecule is COc1ccc2c(c1)CCC(OS(=O)(=O)c1ccc(C)cc1)C2c1ccccc1. The van der Waals surface area contributed by atoms with E-state index < -0.39 is 16.2 Å². The summed E-state index contributed by atoms with van der Waals surface area (Å²) in [5.74, 6) is 0.647. The number of ether oxygens (including phenoxy) is 1. The summed E-state index contributed by atoms with van der Waals surface area (Å²) in [6.45, 7) is 1.93. The Kier molecular flexibility index (Phi) is 5.43. The van der Waals surface area contributed by atoms with Crippen LogP contribution in [0.15, 0.2) is 77.7 Å². The van der Waals surface area contributed by atoms with E-state index in [0.717, 1.165) is 28.9 Å². The fourth-order valence-corrected chi connectivity index (χ4v) is 5.09. The van der Waals surface area contributed by atoms with Crippen molar-refractivity contribution in [3.8, 4) is 5.75 Å². The molecule has 2 atom stereocenters. The number of methoxy groups -OCH3 is 1. The fourth-order valence-electron chi connectivity index (χ4n) is 3.98. The Hall–Kier alpha value is -2.63. The van der Waals surface area contributed by atoms with Gasteiger partial charge in [0.2, 0.25) is 0 Å². The molecular weight excluding hydrogens is 384 g/mol. The predicted octanol–water partition coefficient (Wildman–Crippen LogP) is 4.86. The number of hydrogen-bond acceptors (Lipinski definition) is 4. The average molecular weight is 409 g/mol. The van der Waals surface area contributed by atoms with Crippen LogP contribution in [0, 0.1) is 6.92 Å². The third kappa shape index (κ3) is 4.07. The summed E-state index contributed by atoms with van der Waals surface area (Å²) in [7, 11) is -2.21. The minimum absolute atomic E-state index is 0.161. The van der Waals surface area contributed by atoms with Gasteiger partial charge in [0.05, 0.1) is 18.1 Å². The summed E-state index contributed by atoms with van der Waals surface area (Å²) in [5.41, 5.74) is 4.31. The normalized spacial score (nSPS) is 18.8. The molecule has 0 aromatic heterocycles. The van der Waals surface area contributed by atoms with Gasteiger partial charge in [-0.2, -0.15) is 8.42 Å². The van der Waals surface area contributed by atoms with E-state index in [0.29, 0.717) is 6.42 Å². The standard InChI is InChI=1S/C24H24O4S/c1-17-8-12-21(13-9-17)29(25,26)28-23-15-10-19-16-20(27-2)11-14-22(19)24(23)18-6-4-3-5-7-18/h3-9,11-14,16,23-24H,10,15H2,1-2H3. The zero-order valence-electron chi connectivity index (χ0n) is 16.5. The minimum atomic E-state index is -3.86. The molecule has 0 heterocycles. The molecule has 4 nitrogen and oxygen atoms in total. The highest BCUT2D eigenvalue weighted by Crippen LogP contribution is 2.41. The van der Waals surface area contributed by atoms with E-state index in [4.69, 9.17) is 8.92 Å². The maximum atomic E-state index is 13.0. The molecule has 4 rings (SSSR count). The third-order valence-corrected chi connectivity index (χ3v) is 6.82. The lowest BCUT2D eigenvalue weighted by Crippen LogP contribution is -2.31. The molecule has 29 heavy (non-hydrogen) atoms. The maximum absolute atomic E-state index is 13.0. The van der Waals surface area contributed by atoms with Gasteiger partial charge in [-0.25, -0.2) is 0 Å². The second kappa shape index (κ2) is 8.01. The number of hydrogen-bond donors (Lipinski definition) is 0. The van der Waals surface area contributed by atoms with Gasteiger partial charge < -0.3 is 4.74 Å². The second-order valence-corrected chi connectivity index (χ2v) is 8.97. The molecule has 0 amide bonds.